The fourth-order valence-corrected chi connectivity index (χ4v) is 2.29. The Labute approximate surface area is 131 Å². The summed E-state index contributed by atoms with van der Waals surface area (Å²) in [5.41, 5.74) is 3.21. The van der Waals surface area contributed by atoms with Crippen molar-refractivity contribution in [1.82, 2.24) is 0 Å². The number of rotatable bonds is 5. The van der Waals surface area contributed by atoms with E-state index in [9.17, 15) is 10.4 Å². The predicted molar refractivity (Wildman–Crippen MR) is 88.6 cm³/mol. The van der Waals surface area contributed by atoms with Gasteiger partial charge in [0.15, 0.2) is 0 Å². The number of allylic oxidation sites excluding steroid dienone is 4. The number of benzene rings is 1. The normalized spacial score (nSPS) is 17.6. The molecule has 1 atom stereocenters. The molecule has 2 N–H and O–H groups in total. The van der Waals surface area contributed by atoms with Crippen LogP contribution in [0.25, 0.3) is 5.57 Å². The van der Waals surface area contributed by atoms with E-state index in [0.717, 1.165) is 29.1 Å². The lowest BCUT2D eigenvalue weighted by Gasteiger charge is -2.13. The monoisotopic (exact) mass is 296 g/mol. The van der Waals surface area contributed by atoms with Crippen LogP contribution in [0, 0.1) is 11.3 Å². The zero-order chi connectivity index (χ0) is 15.9. The molecule has 114 valence electrons. The lowest BCUT2D eigenvalue weighted by Crippen LogP contribution is -2.04. The average molecular weight is 296 g/mol. The van der Waals surface area contributed by atoms with Gasteiger partial charge in [-0.15, -0.1) is 0 Å². The quantitative estimate of drug-likeness (QED) is 0.818. The Morgan fingerprint density at radius 3 is 2.95 bits per heavy atom. The number of methoxy groups -OCH3 is 1. The fraction of sp³-hybridized carbons (Fsp3) is 0.278. The molecule has 1 aliphatic rings. The van der Waals surface area contributed by atoms with E-state index >= 15 is 0 Å². The first-order chi connectivity index (χ1) is 10.7. The van der Waals surface area contributed by atoms with Crippen LogP contribution in [0.5, 0.6) is 5.75 Å². The predicted octanol–water partition coefficient (Wildman–Crippen LogP) is 3.28. The zero-order valence-corrected chi connectivity index (χ0v) is 12.8. The number of nitrogens with zero attached hydrogens (tertiary/aromatic N) is 1. The maximum atomic E-state index is 9.50. The van der Waals surface area contributed by atoms with Gasteiger partial charge < -0.3 is 15.2 Å². The molecule has 2 rings (SSSR count). The summed E-state index contributed by atoms with van der Waals surface area (Å²) in [7, 11) is 1.62. The topological polar surface area (TPSA) is 65.3 Å². The van der Waals surface area contributed by atoms with E-state index < -0.39 is 6.10 Å². The summed E-state index contributed by atoms with van der Waals surface area (Å²) < 4.78 is 5.24. The van der Waals surface area contributed by atoms with E-state index in [1.807, 2.05) is 43.4 Å². The van der Waals surface area contributed by atoms with Crippen LogP contribution in [0.2, 0.25) is 0 Å². The van der Waals surface area contributed by atoms with E-state index in [0.29, 0.717) is 12.0 Å². The van der Waals surface area contributed by atoms with Gasteiger partial charge in [0.25, 0.3) is 0 Å². The number of aliphatic hydroxyl groups is 1. The second kappa shape index (κ2) is 7.48. The van der Waals surface area contributed by atoms with Crippen molar-refractivity contribution in [3.63, 3.8) is 0 Å². The molecule has 0 aromatic heterocycles. The Bertz CT molecular complexity index is 666. The lowest BCUT2D eigenvalue weighted by atomic mass is 9.98. The summed E-state index contributed by atoms with van der Waals surface area (Å²) in [5, 5.41) is 22.2. The third-order valence-corrected chi connectivity index (χ3v) is 3.42. The van der Waals surface area contributed by atoms with Gasteiger partial charge in [-0.1, -0.05) is 18.2 Å². The molecular weight excluding hydrogens is 276 g/mol. The van der Waals surface area contributed by atoms with Crippen molar-refractivity contribution in [3.05, 3.63) is 53.6 Å². The third kappa shape index (κ3) is 3.78. The molecule has 1 aromatic carbocycles. The number of ether oxygens (including phenoxy) is 1. The second-order valence-corrected chi connectivity index (χ2v) is 4.98. The molecule has 0 radical (unpaired) electrons. The first-order valence-corrected chi connectivity index (χ1v) is 7.28. The van der Waals surface area contributed by atoms with Crippen LogP contribution < -0.4 is 10.1 Å². The largest absolute Gasteiger partial charge is 0.497 e. The number of anilines is 1. The molecule has 0 saturated heterocycles. The van der Waals surface area contributed by atoms with Crippen molar-refractivity contribution in [1.29, 1.82) is 5.26 Å². The summed E-state index contributed by atoms with van der Waals surface area (Å²) in [4.78, 5) is 0. The molecule has 0 amide bonds. The summed E-state index contributed by atoms with van der Waals surface area (Å²) in [6.45, 7) is 2.76. The van der Waals surface area contributed by atoms with Crippen molar-refractivity contribution in [2.75, 3.05) is 19.0 Å². The van der Waals surface area contributed by atoms with Crippen LogP contribution >= 0.6 is 0 Å². The van der Waals surface area contributed by atoms with Crippen molar-refractivity contribution >= 4 is 11.3 Å². The molecule has 0 spiro atoms. The first kappa shape index (κ1) is 15.9. The van der Waals surface area contributed by atoms with E-state index in [1.54, 1.807) is 13.2 Å². The maximum absolute atomic E-state index is 9.50. The minimum absolute atomic E-state index is 0.430. The van der Waals surface area contributed by atoms with Crippen LogP contribution in [-0.2, 0) is 0 Å². The minimum atomic E-state index is -0.430. The van der Waals surface area contributed by atoms with Crippen LogP contribution in [0.4, 0.5) is 5.69 Å². The Morgan fingerprint density at radius 2 is 2.36 bits per heavy atom. The van der Waals surface area contributed by atoms with Gasteiger partial charge in [0.1, 0.15) is 5.75 Å². The van der Waals surface area contributed by atoms with E-state index in [1.165, 1.54) is 0 Å². The highest BCUT2D eigenvalue weighted by Crippen LogP contribution is 2.29. The maximum Gasteiger partial charge on any atom is 0.120 e. The summed E-state index contributed by atoms with van der Waals surface area (Å²) >= 11 is 0. The number of hydrogen-bond acceptors (Lipinski definition) is 4. The van der Waals surface area contributed by atoms with Crippen molar-refractivity contribution in [3.8, 4) is 11.8 Å². The van der Waals surface area contributed by atoms with Crippen molar-refractivity contribution in [2.24, 2.45) is 0 Å². The highest BCUT2D eigenvalue weighted by molar-refractivity contribution is 5.86. The van der Waals surface area contributed by atoms with Gasteiger partial charge in [-0.05, 0) is 37.1 Å². The van der Waals surface area contributed by atoms with Crippen LogP contribution in [0.15, 0.2) is 48.1 Å². The molecule has 0 heterocycles. The molecular formula is C18H20N2O2. The Balaban J connectivity index is 2.39. The summed E-state index contributed by atoms with van der Waals surface area (Å²) in [6.07, 6.45) is 7.48. The molecule has 1 aliphatic carbocycles. The lowest BCUT2D eigenvalue weighted by molar-refractivity contribution is 0.225. The summed E-state index contributed by atoms with van der Waals surface area (Å²) in [5.74, 6) is 0.747. The van der Waals surface area contributed by atoms with Crippen LogP contribution in [0.1, 0.15) is 18.9 Å². The number of nitrogens with one attached hydrogen (secondary N) is 1. The van der Waals surface area contributed by atoms with Gasteiger partial charge >= 0.3 is 0 Å². The van der Waals surface area contributed by atoms with Gasteiger partial charge in [-0.2, -0.15) is 5.26 Å². The van der Waals surface area contributed by atoms with Gasteiger partial charge in [0.05, 0.1) is 24.9 Å². The second-order valence-electron chi connectivity index (χ2n) is 4.98. The number of aliphatic hydroxyl groups excluding tert-OH is 1. The molecule has 0 bridgehead atoms. The number of nitriles is 1. The standard InChI is InChI=1S/C18H20N2O2/c1-3-20-18-11-16(22-2)8-9-17(18)14(12-19)10-13-4-6-15(21)7-5-13/h4-6,8-11,15,20-21H,3,7H2,1-2H3/b14-10+. The van der Waals surface area contributed by atoms with Crippen molar-refractivity contribution < 1.29 is 9.84 Å². The number of hydrogen-bond donors (Lipinski definition) is 2. The molecule has 4 heteroatoms. The molecule has 1 unspecified atom stereocenters. The molecule has 22 heavy (non-hydrogen) atoms. The Kier molecular flexibility index (Phi) is 5.40. The molecule has 0 fully saturated rings. The Morgan fingerprint density at radius 1 is 1.55 bits per heavy atom. The highest BCUT2D eigenvalue weighted by atomic mass is 16.5. The summed E-state index contributed by atoms with van der Waals surface area (Å²) in [6, 6.07) is 7.87. The van der Waals surface area contributed by atoms with E-state index in [4.69, 9.17) is 4.74 Å². The SMILES string of the molecule is CCNc1cc(OC)ccc1/C(C#N)=C/C1=CCC(O)C=C1. The van der Waals surface area contributed by atoms with Crippen molar-refractivity contribution in [2.45, 2.75) is 19.4 Å². The average Bonchev–Trinajstić information content (AvgIpc) is 2.55. The van der Waals surface area contributed by atoms with E-state index in [-0.39, 0.29) is 0 Å². The van der Waals surface area contributed by atoms with Gasteiger partial charge in [-0.25, -0.2) is 0 Å². The molecule has 0 saturated carbocycles. The van der Waals surface area contributed by atoms with Gasteiger partial charge in [0.2, 0.25) is 0 Å². The molecule has 0 aliphatic heterocycles. The first-order valence-electron chi connectivity index (χ1n) is 7.28. The van der Waals surface area contributed by atoms with E-state index in [2.05, 4.69) is 11.4 Å². The smallest absolute Gasteiger partial charge is 0.120 e. The fourth-order valence-electron chi connectivity index (χ4n) is 2.29. The zero-order valence-electron chi connectivity index (χ0n) is 12.8. The van der Waals surface area contributed by atoms with Crippen LogP contribution in [-0.4, -0.2) is 24.9 Å². The highest BCUT2D eigenvalue weighted by Gasteiger charge is 2.10. The minimum Gasteiger partial charge on any atom is -0.497 e. The Hall–Kier alpha value is -2.51. The van der Waals surface area contributed by atoms with Gasteiger partial charge in [0, 0.05) is 23.9 Å². The molecule has 4 nitrogen and oxygen atoms in total. The van der Waals surface area contributed by atoms with Gasteiger partial charge in [-0.3, -0.25) is 0 Å². The van der Waals surface area contributed by atoms with Crippen LogP contribution in [0.3, 0.4) is 0 Å². The third-order valence-electron chi connectivity index (χ3n) is 3.42. The molecule has 1 aromatic rings.